The van der Waals surface area contributed by atoms with Gasteiger partial charge in [0.1, 0.15) is 6.10 Å². The number of ether oxygens (including phenoxy) is 1. The molecule has 2 nitrogen and oxygen atoms in total. The van der Waals surface area contributed by atoms with Crippen LogP contribution in [0.1, 0.15) is 24.2 Å². The SMILES string of the molecule is CC1=CC(SCC(=O)c2cccc(Br)c2)=CC(C)O1. The molecule has 0 fully saturated rings. The highest BCUT2D eigenvalue weighted by atomic mass is 79.9. The summed E-state index contributed by atoms with van der Waals surface area (Å²) in [4.78, 5) is 13.2. The molecule has 4 heteroatoms. The lowest BCUT2D eigenvalue weighted by atomic mass is 10.2. The number of hydrogen-bond donors (Lipinski definition) is 0. The average Bonchev–Trinajstić information content (AvgIpc) is 2.35. The van der Waals surface area contributed by atoms with Gasteiger partial charge < -0.3 is 4.74 Å². The Kier molecular flexibility index (Phi) is 4.88. The molecular weight excluding hydrogens is 324 g/mol. The number of carbonyl (C=O) groups excluding carboxylic acids is 1. The summed E-state index contributed by atoms with van der Waals surface area (Å²) in [6.45, 7) is 3.92. The van der Waals surface area contributed by atoms with Gasteiger partial charge in [-0.15, -0.1) is 11.8 Å². The third kappa shape index (κ3) is 4.25. The number of rotatable bonds is 4. The quantitative estimate of drug-likeness (QED) is 0.752. The molecular formula is C15H15BrO2S. The van der Waals surface area contributed by atoms with Crippen LogP contribution >= 0.6 is 27.7 Å². The van der Waals surface area contributed by atoms with E-state index >= 15 is 0 Å². The number of halogens is 1. The molecule has 0 aliphatic carbocycles. The summed E-state index contributed by atoms with van der Waals surface area (Å²) in [5, 5.41) is 0. The predicted octanol–water partition coefficient (Wildman–Crippen LogP) is 4.57. The number of thioether (sulfide) groups is 1. The summed E-state index contributed by atoms with van der Waals surface area (Å²) in [7, 11) is 0. The highest BCUT2D eigenvalue weighted by Gasteiger charge is 2.12. The van der Waals surface area contributed by atoms with Crippen molar-refractivity contribution < 1.29 is 9.53 Å². The number of carbonyl (C=O) groups is 1. The van der Waals surface area contributed by atoms with Crippen molar-refractivity contribution in [3.05, 3.63) is 57.1 Å². The molecule has 0 amide bonds. The average molecular weight is 339 g/mol. The first-order valence-corrected chi connectivity index (χ1v) is 7.81. The molecule has 0 N–H and O–H groups in total. The molecule has 1 aliphatic heterocycles. The first-order valence-electron chi connectivity index (χ1n) is 6.03. The Labute approximate surface area is 126 Å². The van der Waals surface area contributed by atoms with E-state index in [9.17, 15) is 4.79 Å². The molecule has 0 radical (unpaired) electrons. The molecule has 0 saturated carbocycles. The van der Waals surface area contributed by atoms with Crippen LogP contribution in [-0.2, 0) is 4.74 Å². The Balaban J connectivity index is 1.98. The fourth-order valence-electron chi connectivity index (χ4n) is 1.82. The Morgan fingerprint density at radius 2 is 2.26 bits per heavy atom. The van der Waals surface area contributed by atoms with Gasteiger partial charge in [0, 0.05) is 14.9 Å². The monoisotopic (exact) mass is 338 g/mol. The molecule has 100 valence electrons. The Morgan fingerprint density at radius 3 is 2.95 bits per heavy atom. The van der Waals surface area contributed by atoms with Crippen molar-refractivity contribution in [3.8, 4) is 0 Å². The van der Waals surface area contributed by atoms with Crippen molar-refractivity contribution in [2.24, 2.45) is 0 Å². The number of allylic oxidation sites excluding steroid dienone is 2. The lowest BCUT2D eigenvalue weighted by Crippen LogP contribution is -2.09. The minimum atomic E-state index is 0.0773. The molecule has 1 heterocycles. The van der Waals surface area contributed by atoms with Gasteiger partial charge in [-0.05, 0) is 38.1 Å². The Hall–Kier alpha value is -1.00. The van der Waals surface area contributed by atoms with Crippen LogP contribution < -0.4 is 0 Å². The van der Waals surface area contributed by atoms with E-state index in [4.69, 9.17) is 4.74 Å². The van der Waals surface area contributed by atoms with Crippen molar-refractivity contribution in [2.75, 3.05) is 5.75 Å². The molecule has 1 aromatic rings. The molecule has 0 bridgehead atoms. The van der Waals surface area contributed by atoms with Gasteiger partial charge in [-0.1, -0.05) is 28.1 Å². The zero-order chi connectivity index (χ0) is 13.8. The van der Waals surface area contributed by atoms with Gasteiger partial charge in [0.25, 0.3) is 0 Å². The lowest BCUT2D eigenvalue weighted by Gasteiger charge is -2.18. The summed E-state index contributed by atoms with van der Waals surface area (Å²) in [5.74, 6) is 1.48. The first kappa shape index (κ1) is 14.4. The van der Waals surface area contributed by atoms with Gasteiger partial charge in [0.15, 0.2) is 5.78 Å². The van der Waals surface area contributed by atoms with E-state index in [1.807, 2.05) is 50.3 Å². The van der Waals surface area contributed by atoms with Crippen LogP contribution in [-0.4, -0.2) is 17.6 Å². The van der Waals surface area contributed by atoms with Gasteiger partial charge in [0.05, 0.1) is 11.5 Å². The zero-order valence-electron chi connectivity index (χ0n) is 10.9. The Bertz CT molecular complexity index is 549. The van der Waals surface area contributed by atoms with Crippen LogP contribution in [0.3, 0.4) is 0 Å². The second kappa shape index (κ2) is 6.44. The molecule has 0 saturated heterocycles. The number of ketones is 1. The maximum absolute atomic E-state index is 12.1. The standard InChI is InChI=1S/C15H15BrO2S/c1-10-6-14(7-11(2)18-10)19-9-15(17)12-4-3-5-13(16)8-12/h3-8,10H,9H2,1-2H3. The minimum Gasteiger partial charge on any atom is -0.491 e. The van der Waals surface area contributed by atoms with E-state index in [1.54, 1.807) is 11.8 Å². The van der Waals surface area contributed by atoms with E-state index in [0.29, 0.717) is 5.75 Å². The van der Waals surface area contributed by atoms with E-state index in [2.05, 4.69) is 15.9 Å². The molecule has 0 aromatic heterocycles. The van der Waals surface area contributed by atoms with Crippen LogP contribution in [0.5, 0.6) is 0 Å². The molecule has 1 aromatic carbocycles. The lowest BCUT2D eigenvalue weighted by molar-refractivity contribution is 0.102. The normalized spacial score (nSPS) is 18.4. The van der Waals surface area contributed by atoms with Crippen molar-refractivity contribution in [1.29, 1.82) is 0 Å². The largest absolute Gasteiger partial charge is 0.491 e. The molecule has 1 aliphatic rings. The smallest absolute Gasteiger partial charge is 0.173 e. The Morgan fingerprint density at radius 1 is 1.47 bits per heavy atom. The maximum Gasteiger partial charge on any atom is 0.173 e. The summed E-state index contributed by atoms with van der Waals surface area (Å²) in [5.41, 5.74) is 0.739. The van der Waals surface area contributed by atoms with Gasteiger partial charge in [-0.25, -0.2) is 0 Å². The van der Waals surface area contributed by atoms with Gasteiger partial charge in [0.2, 0.25) is 0 Å². The van der Waals surface area contributed by atoms with Gasteiger partial charge >= 0.3 is 0 Å². The highest BCUT2D eigenvalue weighted by Crippen LogP contribution is 2.26. The van der Waals surface area contributed by atoms with Gasteiger partial charge in [-0.3, -0.25) is 4.79 Å². The highest BCUT2D eigenvalue weighted by molar-refractivity contribution is 9.10. The minimum absolute atomic E-state index is 0.0773. The van der Waals surface area contributed by atoms with Crippen LogP contribution in [0, 0.1) is 0 Å². The number of benzene rings is 1. The summed E-state index contributed by atoms with van der Waals surface area (Å²) in [6, 6.07) is 7.49. The predicted molar refractivity (Wildman–Crippen MR) is 83.3 cm³/mol. The maximum atomic E-state index is 12.1. The zero-order valence-corrected chi connectivity index (χ0v) is 13.3. The molecule has 1 unspecified atom stereocenters. The molecule has 2 rings (SSSR count). The van der Waals surface area contributed by atoms with Crippen molar-refractivity contribution >= 4 is 33.5 Å². The van der Waals surface area contributed by atoms with Crippen LogP contribution in [0.15, 0.2) is 51.6 Å². The number of hydrogen-bond acceptors (Lipinski definition) is 3. The summed E-state index contributed by atoms with van der Waals surface area (Å²) in [6.07, 6.45) is 4.08. The van der Waals surface area contributed by atoms with Crippen LogP contribution in [0.4, 0.5) is 0 Å². The fraction of sp³-hybridized carbons (Fsp3) is 0.267. The van der Waals surface area contributed by atoms with Crippen molar-refractivity contribution in [3.63, 3.8) is 0 Å². The second-order valence-electron chi connectivity index (χ2n) is 4.37. The topological polar surface area (TPSA) is 26.3 Å². The fourth-order valence-corrected chi connectivity index (χ4v) is 3.23. The molecule has 19 heavy (non-hydrogen) atoms. The van der Waals surface area contributed by atoms with Crippen molar-refractivity contribution in [2.45, 2.75) is 20.0 Å². The third-order valence-electron chi connectivity index (χ3n) is 2.63. The third-order valence-corrected chi connectivity index (χ3v) is 4.12. The van der Waals surface area contributed by atoms with Crippen LogP contribution in [0.2, 0.25) is 0 Å². The summed E-state index contributed by atoms with van der Waals surface area (Å²) >= 11 is 4.93. The second-order valence-corrected chi connectivity index (χ2v) is 6.33. The van der Waals surface area contributed by atoms with Gasteiger partial charge in [-0.2, -0.15) is 0 Å². The van der Waals surface area contributed by atoms with E-state index < -0.39 is 0 Å². The molecule has 1 atom stereocenters. The van der Waals surface area contributed by atoms with E-state index in [-0.39, 0.29) is 11.9 Å². The number of Topliss-reactive ketones (excluding diaryl/α,β-unsaturated/α-hetero) is 1. The van der Waals surface area contributed by atoms with E-state index in [0.717, 1.165) is 20.7 Å². The summed E-state index contributed by atoms with van der Waals surface area (Å²) < 4.78 is 6.43. The van der Waals surface area contributed by atoms with Crippen LogP contribution in [0.25, 0.3) is 0 Å². The van der Waals surface area contributed by atoms with Crippen molar-refractivity contribution in [1.82, 2.24) is 0 Å². The first-order chi connectivity index (χ1) is 9.04. The molecule has 0 spiro atoms. The van der Waals surface area contributed by atoms with E-state index in [1.165, 1.54) is 0 Å².